The Morgan fingerprint density at radius 3 is 2.71 bits per heavy atom. The first-order valence-corrected chi connectivity index (χ1v) is 12.2. The maximum atomic E-state index is 9.60. The minimum absolute atomic E-state index is 0.115. The van der Waals surface area contributed by atoms with Gasteiger partial charge in [-0.2, -0.15) is 10.3 Å². The third kappa shape index (κ3) is 4.78. The van der Waals surface area contributed by atoms with Crippen LogP contribution in [0.4, 0.5) is 0 Å². The van der Waals surface area contributed by atoms with Crippen LogP contribution in [0.2, 0.25) is 0 Å². The monoisotopic (exact) mass is 464 g/mol. The van der Waals surface area contributed by atoms with Crippen LogP contribution in [0, 0.1) is 23.3 Å². The number of hydrogen-bond donors (Lipinski definition) is 1. The third-order valence-electron chi connectivity index (χ3n) is 7.01. The van der Waals surface area contributed by atoms with E-state index in [1.54, 1.807) is 0 Å². The molecule has 3 atom stereocenters. The lowest BCUT2D eigenvalue weighted by molar-refractivity contribution is 0.242. The number of amidine groups is 1. The van der Waals surface area contributed by atoms with Crippen molar-refractivity contribution in [1.29, 1.82) is 5.26 Å². The van der Waals surface area contributed by atoms with Crippen molar-refractivity contribution in [2.45, 2.75) is 45.1 Å². The van der Waals surface area contributed by atoms with Crippen molar-refractivity contribution >= 4 is 11.5 Å². The Morgan fingerprint density at radius 2 is 1.97 bits per heavy atom. The van der Waals surface area contributed by atoms with Crippen molar-refractivity contribution in [3.8, 4) is 11.9 Å². The van der Waals surface area contributed by atoms with E-state index >= 15 is 0 Å². The lowest BCUT2D eigenvalue weighted by Gasteiger charge is -2.46. The van der Waals surface area contributed by atoms with Crippen LogP contribution in [-0.2, 0) is 13.2 Å². The quantitative estimate of drug-likeness (QED) is 0.597. The highest BCUT2D eigenvalue weighted by molar-refractivity contribution is 6.04. The number of hydrogen-bond acceptors (Lipinski definition) is 5. The molecular weight excluding hydrogens is 434 g/mol. The number of nitrogens with zero attached hydrogens (tertiary/aromatic N) is 4. The van der Waals surface area contributed by atoms with E-state index in [0.717, 1.165) is 47.8 Å². The predicted molar refractivity (Wildman–Crippen MR) is 139 cm³/mol. The zero-order valence-electron chi connectivity index (χ0n) is 20.0. The van der Waals surface area contributed by atoms with E-state index in [1.807, 2.05) is 42.5 Å². The second-order valence-electron chi connectivity index (χ2n) is 9.11. The second kappa shape index (κ2) is 10.3. The summed E-state index contributed by atoms with van der Waals surface area (Å²) in [4.78, 5) is 11.6. The van der Waals surface area contributed by atoms with Crippen LogP contribution in [0.1, 0.15) is 30.9 Å². The number of aliphatic imine (C=N–C) groups is 2. The summed E-state index contributed by atoms with van der Waals surface area (Å²) < 4.78 is 5.94. The molecular formula is C29H30N5O. The van der Waals surface area contributed by atoms with Crippen molar-refractivity contribution < 1.29 is 4.74 Å². The fourth-order valence-corrected chi connectivity index (χ4v) is 5.14. The highest BCUT2D eigenvalue weighted by Crippen LogP contribution is 2.41. The Kier molecular flexibility index (Phi) is 6.78. The van der Waals surface area contributed by atoms with Crippen LogP contribution >= 0.6 is 0 Å². The van der Waals surface area contributed by atoms with Crippen LogP contribution in [0.5, 0.6) is 5.75 Å². The zero-order chi connectivity index (χ0) is 24.1. The lowest BCUT2D eigenvalue weighted by atomic mass is 9.73. The minimum Gasteiger partial charge on any atom is -0.489 e. The molecule has 1 saturated heterocycles. The van der Waals surface area contributed by atoms with Gasteiger partial charge >= 0.3 is 0 Å². The largest absolute Gasteiger partial charge is 0.489 e. The first kappa shape index (κ1) is 23.1. The van der Waals surface area contributed by atoms with Gasteiger partial charge in [-0.1, -0.05) is 67.6 Å². The Bertz CT molecular complexity index is 1190. The highest BCUT2D eigenvalue weighted by atomic mass is 16.5. The topological polar surface area (TPSA) is 73.0 Å². The molecule has 1 aliphatic carbocycles. The smallest absolute Gasteiger partial charge is 0.207 e. The Morgan fingerprint density at radius 1 is 1.14 bits per heavy atom. The zero-order valence-corrected chi connectivity index (χ0v) is 20.0. The molecule has 1 fully saturated rings. The van der Waals surface area contributed by atoms with Gasteiger partial charge in [-0.05, 0) is 48.6 Å². The summed E-state index contributed by atoms with van der Waals surface area (Å²) in [6, 6.07) is 18.5. The maximum absolute atomic E-state index is 9.60. The minimum atomic E-state index is -0.432. The number of allylic oxidation sites excluding steroid dienone is 2. The average Bonchev–Trinajstić information content (AvgIpc) is 3.35. The van der Waals surface area contributed by atoms with Crippen molar-refractivity contribution in [2.75, 3.05) is 6.54 Å². The second-order valence-corrected chi connectivity index (χ2v) is 9.11. The Balaban J connectivity index is 1.32. The predicted octanol–water partition coefficient (Wildman–Crippen LogP) is 4.82. The molecule has 2 aromatic rings. The van der Waals surface area contributed by atoms with E-state index in [1.165, 1.54) is 0 Å². The number of nitriles is 1. The van der Waals surface area contributed by atoms with Crippen molar-refractivity contribution in [2.24, 2.45) is 15.4 Å². The van der Waals surface area contributed by atoms with Gasteiger partial charge < -0.3 is 9.64 Å². The van der Waals surface area contributed by atoms with Crippen molar-refractivity contribution in [3.05, 3.63) is 96.4 Å². The van der Waals surface area contributed by atoms with Crippen molar-refractivity contribution in [1.82, 2.24) is 10.2 Å². The number of likely N-dealkylation sites (tertiary alicyclic amines) is 1. The molecule has 5 rings (SSSR count). The van der Waals surface area contributed by atoms with Gasteiger partial charge in [0.2, 0.25) is 6.19 Å². The molecule has 0 amide bonds. The standard InChI is InChI=1S/C29H30N5O/c1-2-29(27-32-25-11-6-7-12-26(25)33-27)17-8-18-34(28(29)31-21-30)19-22-13-15-24(16-14-22)35-20-23-9-4-3-5-10-23/h3-7,9-17,25,27,32H,2,8,18-20H2,1H3. The van der Waals surface area contributed by atoms with Crippen LogP contribution in [0.3, 0.4) is 0 Å². The Hall–Kier alpha value is -3.69. The van der Waals surface area contributed by atoms with E-state index in [0.29, 0.717) is 13.2 Å². The molecule has 6 nitrogen and oxygen atoms in total. The maximum Gasteiger partial charge on any atom is 0.207 e. The molecule has 35 heavy (non-hydrogen) atoms. The fourth-order valence-electron chi connectivity index (χ4n) is 5.14. The van der Waals surface area contributed by atoms with Gasteiger partial charge in [-0.3, -0.25) is 10.3 Å². The summed E-state index contributed by atoms with van der Waals surface area (Å²) in [6.45, 7) is 4.20. The number of rotatable bonds is 7. The fraction of sp³-hybridized carbons (Fsp3) is 0.310. The van der Waals surface area contributed by atoms with Gasteiger partial charge in [-0.25, -0.2) is 0 Å². The number of nitrogens with one attached hydrogen (secondary N) is 1. The van der Waals surface area contributed by atoms with Gasteiger partial charge in [-0.15, -0.1) is 0 Å². The molecule has 177 valence electrons. The molecule has 0 spiro atoms. The first-order valence-electron chi connectivity index (χ1n) is 12.2. The van der Waals surface area contributed by atoms with Gasteiger partial charge in [0.1, 0.15) is 24.4 Å². The molecule has 2 aliphatic heterocycles. The van der Waals surface area contributed by atoms with Crippen LogP contribution in [-0.4, -0.2) is 35.2 Å². The summed E-state index contributed by atoms with van der Waals surface area (Å²) in [7, 11) is 0. The van der Waals surface area contributed by atoms with Crippen LogP contribution in [0.25, 0.3) is 0 Å². The van der Waals surface area contributed by atoms with E-state index < -0.39 is 5.41 Å². The van der Waals surface area contributed by atoms with Gasteiger partial charge in [0.25, 0.3) is 0 Å². The molecule has 0 bridgehead atoms. The van der Waals surface area contributed by atoms with Crippen LogP contribution in [0.15, 0.2) is 88.9 Å². The van der Waals surface area contributed by atoms with E-state index in [2.05, 4.69) is 71.2 Å². The Labute approximate surface area is 207 Å². The van der Waals surface area contributed by atoms with Gasteiger partial charge in [0.05, 0.1) is 17.2 Å². The molecule has 1 N–H and O–H groups in total. The molecule has 3 aliphatic rings. The number of benzene rings is 2. The SMILES string of the molecule is CCC1(C2N=C3C=CC=CC3N2)[CH]CCN(Cc2ccc(OCc3ccccc3)cc2)C1=NC#N. The summed E-state index contributed by atoms with van der Waals surface area (Å²) in [5, 5.41) is 13.3. The molecule has 0 aromatic heterocycles. The van der Waals surface area contributed by atoms with Gasteiger partial charge in [0, 0.05) is 13.1 Å². The lowest BCUT2D eigenvalue weighted by Crippen LogP contribution is -2.57. The molecule has 2 aromatic carbocycles. The molecule has 2 heterocycles. The first-order chi connectivity index (χ1) is 17.2. The molecule has 3 unspecified atom stereocenters. The molecule has 1 radical (unpaired) electrons. The molecule has 6 heteroatoms. The van der Waals surface area contributed by atoms with E-state index in [4.69, 9.17) is 9.73 Å². The number of fused-ring (bicyclic) bond motifs is 1. The highest BCUT2D eigenvalue weighted by Gasteiger charge is 2.49. The summed E-state index contributed by atoms with van der Waals surface area (Å²) in [5.41, 5.74) is 2.90. The normalized spacial score (nSPS) is 26.3. The van der Waals surface area contributed by atoms with Crippen molar-refractivity contribution in [3.63, 3.8) is 0 Å². The molecule has 0 saturated carbocycles. The van der Waals surface area contributed by atoms with E-state index in [-0.39, 0.29) is 12.2 Å². The van der Waals surface area contributed by atoms with E-state index in [9.17, 15) is 5.26 Å². The van der Waals surface area contributed by atoms with Crippen LogP contribution < -0.4 is 10.1 Å². The summed E-state index contributed by atoms with van der Waals surface area (Å²) in [6.07, 6.45) is 14.2. The third-order valence-corrected chi connectivity index (χ3v) is 7.01. The average molecular weight is 465 g/mol. The summed E-state index contributed by atoms with van der Waals surface area (Å²) >= 11 is 0. The number of ether oxygens (including phenoxy) is 1. The summed E-state index contributed by atoms with van der Waals surface area (Å²) in [5.74, 6) is 1.64. The number of piperidine rings is 1. The van der Waals surface area contributed by atoms with Gasteiger partial charge in [0.15, 0.2) is 0 Å².